The third-order valence-corrected chi connectivity index (χ3v) is 3.02. The summed E-state index contributed by atoms with van der Waals surface area (Å²) in [6.45, 7) is 4.61. The van der Waals surface area contributed by atoms with Crippen LogP contribution in [-0.2, 0) is 6.54 Å². The van der Waals surface area contributed by atoms with Crippen LogP contribution in [0.5, 0.6) is 0 Å². The molecule has 2 aromatic heterocycles. The van der Waals surface area contributed by atoms with Crippen LogP contribution in [0.3, 0.4) is 0 Å². The minimum atomic E-state index is -0.0487. The Labute approximate surface area is 91.6 Å². The van der Waals surface area contributed by atoms with E-state index in [1.165, 1.54) is 11.3 Å². The van der Waals surface area contributed by atoms with Crippen LogP contribution < -0.4 is 0 Å². The minimum absolute atomic E-state index is 0.0487. The summed E-state index contributed by atoms with van der Waals surface area (Å²) in [7, 11) is 0. The maximum atomic E-state index is 12.0. The quantitative estimate of drug-likeness (QED) is 0.744. The number of hydrogen-bond acceptors (Lipinski definition) is 4. The molecule has 0 unspecified atom stereocenters. The molecule has 0 aliphatic rings. The van der Waals surface area contributed by atoms with Gasteiger partial charge in [0.15, 0.2) is 5.82 Å². The number of aromatic nitrogens is 3. The van der Waals surface area contributed by atoms with Crippen LogP contribution in [0.1, 0.15) is 27.4 Å². The zero-order chi connectivity index (χ0) is 10.8. The van der Waals surface area contributed by atoms with E-state index in [0.717, 1.165) is 11.6 Å². The van der Waals surface area contributed by atoms with Crippen molar-refractivity contribution in [2.45, 2.75) is 20.4 Å². The fourth-order valence-electron chi connectivity index (χ4n) is 1.35. The third kappa shape index (κ3) is 1.83. The Kier molecular flexibility index (Phi) is 2.64. The fourth-order valence-corrected chi connectivity index (χ4v) is 2.06. The highest BCUT2D eigenvalue weighted by atomic mass is 32.1. The highest BCUT2D eigenvalue weighted by Crippen LogP contribution is 2.15. The molecule has 2 rings (SSSR count). The summed E-state index contributed by atoms with van der Waals surface area (Å²) < 4.78 is 1.83. The van der Waals surface area contributed by atoms with Gasteiger partial charge in [0.25, 0.3) is 0 Å². The molecule has 0 amide bonds. The van der Waals surface area contributed by atoms with E-state index in [-0.39, 0.29) is 5.78 Å². The summed E-state index contributed by atoms with van der Waals surface area (Å²) in [5, 5.41) is 0.896. The lowest BCUT2D eigenvalue weighted by molar-refractivity contribution is 0.102. The fraction of sp³-hybridized carbons (Fsp3) is 0.300. The van der Waals surface area contributed by atoms with E-state index < -0.39 is 0 Å². The standard InChI is InChI=1S/C10H11N3OS/c1-3-13-5-4-11-10(13)9(14)8-6-12-7(2)15-8/h4-6H,3H2,1-2H3. The van der Waals surface area contributed by atoms with Gasteiger partial charge in [-0.3, -0.25) is 4.79 Å². The monoisotopic (exact) mass is 221 g/mol. The molecule has 2 heterocycles. The second-order valence-electron chi connectivity index (χ2n) is 3.11. The highest BCUT2D eigenvalue weighted by molar-refractivity contribution is 7.13. The van der Waals surface area contributed by atoms with Gasteiger partial charge in [-0.2, -0.15) is 0 Å². The number of nitrogens with zero attached hydrogens (tertiary/aromatic N) is 3. The van der Waals surface area contributed by atoms with Crippen LogP contribution >= 0.6 is 11.3 Å². The topological polar surface area (TPSA) is 47.8 Å². The third-order valence-electron chi connectivity index (χ3n) is 2.10. The Hall–Kier alpha value is -1.49. The molecule has 0 aliphatic carbocycles. The molecular weight excluding hydrogens is 210 g/mol. The van der Waals surface area contributed by atoms with Gasteiger partial charge >= 0.3 is 0 Å². The first-order valence-electron chi connectivity index (χ1n) is 4.70. The smallest absolute Gasteiger partial charge is 0.239 e. The number of imidazole rings is 1. The van der Waals surface area contributed by atoms with E-state index in [4.69, 9.17) is 0 Å². The zero-order valence-electron chi connectivity index (χ0n) is 8.60. The van der Waals surface area contributed by atoms with Crippen molar-refractivity contribution in [3.05, 3.63) is 34.3 Å². The van der Waals surface area contributed by atoms with Crippen LogP contribution in [0.4, 0.5) is 0 Å². The Bertz CT molecular complexity index is 486. The maximum Gasteiger partial charge on any atom is 0.239 e. The SMILES string of the molecule is CCn1ccnc1C(=O)c1cnc(C)s1. The van der Waals surface area contributed by atoms with Gasteiger partial charge in [0.2, 0.25) is 5.78 Å². The van der Waals surface area contributed by atoms with Gasteiger partial charge in [0, 0.05) is 25.1 Å². The summed E-state index contributed by atoms with van der Waals surface area (Å²) in [4.78, 5) is 20.8. The largest absolute Gasteiger partial charge is 0.328 e. The first-order chi connectivity index (χ1) is 7.22. The van der Waals surface area contributed by atoms with E-state index in [2.05, 4.69) is 9.97 Å². The lowest BCUT2D eigenvalue weighted by Crippen LogP contribution is -2.09. The van der Waals surface area contributed by atoms with Crippen molar-refractivity contribution in [3.8, 4) is 0 Å². The van der Waals surface area contributed by atoms with Crippen LogP contribution in [0, 0.1) is 6.92 Å². The summed E-state index contributed by atoms with van der Waals surface area (Å²) in [6, 6.07) is 0. The van der Waals surface area contributed by atoms with Gasteiger partial charge in [-0.25, -0.2) is 9.97 Å². The van der Waals surface area contributed by atoms with Gasteiger partial charge in [0.05, 0.1) is 9.88 Å². The van der Waals surface area contributed by atoms with E-state index >= 15 is 0 Å². The first-order valence-corrected chi connectivity index (χ1v) is 5.52. The molecule has 0 radical (unpaired) electrons. The molecule has 5 heteroatoms. The van der Waals surface area contributed by atoms with Crippen molar-refractivity contribution in [3.63, 3.8) is 0 Å². The van der Waals surface area contributed by atoms with Crippen molar-refractivity contribution in [1.82, 2.24) is 14.5 Å². The average Bonchev–Trinajstić information content (AvgIpc) is 2.84. The van der Waals surface area contributed by atoms with E-state index in [1.54, 1.807) is 18.6 Å². The van der Waals surface area contributed by atoms with Gasteiger partial charge in [-0.15, -0.1) is 11.3 Å². The summed E-state index contributed by atoms with van der Waals surface area (Å²) >= 11 is 1.40. The summed E-state index contributed by atoms with van der Waals surface area (Å²) in [5.74, 6) is 0.439. The van der Waals surface area contributed by atoms with Crippen molar-refractivity contribution >= 4 is 17.1 Å². The molecule has 0 N–H and O–H groups in total. The predicted molar refractivity (Wildman–Crippen MR) is 58.2 cm³/mol. The zero-order valence-corrected chi connectivity index (χ0v) is 9.41. The molecule has 4 nitrogen and oxygen atoms in total. The van der Waals surface area contributed by atoms with Gasteiger partial charge in [0.1, 0.15) is 0 Å². The van der Waals surface area contributed by atoms with E-state index in [9.17, 15) is 4.79 Å². The number of aryl methyl sites for hydroxylation is 2. The van der Waals surface area contributed by atoms with Crippen LogP contribution in [0.2, 0.25) is 0 Å². The van der Waals surface area contributed by atoms with E-state index in [0.29, 0.717) is 10.7 Å². The number of rotatable bonds is 3. The van der Waals surface area contributed by atoms with Crippen molar-refractivity contribution in [2.75, 3.05) is 0 Å². The average molecular weight is 221 g/mol. The Morgan fingerprint density at radius 2 is 2.33 bits per heavy atom. The number of hydrogen-bond donors (Lipinski definition) is 0. The molecule has 0 aliphatic heterocycles. The van der Waals surface area contributed by atoms with Crippen molar-refractivity contribution in [2.24, 2.45) is 0 Å². The van der Waals surface area contributed by atoms with Crippen LogP contribution in [0.15, 0.2) is 18.6 Å². The molecule has 0 saturated carbocycles. The molecule has 0 aromatic carbocycles. The normalized spacial score (nSPS) is 10.5. The lowest BCUT2D eigenvalue weighted by atomic mass is 10.3. The second-order valence-corrected chi connectivity index (χ2v) is 4.34. The van der Waals surface area contributed by atoms with Gasteiger partial charge < -0.3 is 4.57 Å². The molecule has 15 heavy (non-hydrogen) atoms. The van der Waals surface area contributed by atoms with Crippen molar-refractivity contribution < 1.29 is 4.79 Å². The van der Waals surface area contributed by atoms with Crippen LogP contribution in [0.25, 0.3) is 0 Å². The molecule has 2 aromatic rings. The molecule has 78 valence electrons. The Morgan fingerprint density at radius 3 is 2.93 bits per heavy atom. The number of carbonyl (C=O) groups is 1. The lowest BCUT2D eigenvalue weighted by Gasteiger charge is -2.00. The van der Waals surface area contributed by atoms with Gasteiger partial charge in [-0.1, -0.05) is 0 Å². The Balaban J connectivity index is 2.36. The van der Waals surface area contributed by atoms with Crippen LogP contribution in [-0.4, -0.2) is 20.3 Å². The molecule has 0 atom stereocenters. The van der Waals surface area contributed by atoms with Gasteiger partial charge in [-0.05, 0) is 13.8 Å². The first kappa shape index (κ1) is 10.0. The maximum absolute atomic E-state index is 12.0. The Morgan fingerprint density at radius 1 is 1.53 bits per heavy atom. The summed E-state index contributed by atoms with van der Waals surface area (Å²) in [5.41, 5.74) is 0. The number of ketones is 1. The minimum Gasteiger partial charge on any atom is -0.328 e. The molecule has 0 spiro atoms. The highest BCUT2D eigenvalue weighted by Gasteiger charge is 2.16. The van der Waals surface area contributed by atoms with Crippen molar-refractivity contribution in [1.29, 1.82) is 0 Å². The second kappa shape index (κ2) is 3.94. The van der Waals surface area contributed by atoms with E-state index in [1.807, 2.05) is 18.4 Å². The molecule has 0 fully saturated rings. The predicted octanol–water partition coefficient (Wildman–Crippen LogP) is 1.90. The number of carbonyl (C=O) groups excluding carboxylic acids is 1. The number of thiazole rings is 1. The molecular formula is C10H11N3OS. The summed E-state index contributed by atoms with van der Waals surface area (Å²) in [6.07, 6.45) is 5.06. The molecule has 0 saturated heterocycles. The molecule has 0 bridgehead atoms.